The van der Waals surface area contributed by atoms with Crippen molar-refractivity contribution in [2.45, 2.75) is 65.2 Å². The van der Waals surface area contributed by atoms with E-state index in [9.17, 15) is 4.79 Å². The summed E-state index contributed by atoms with van der Waals surface area (Å²) in [5.74, 6) is 0.910. The Morgan fingerprint density at radius 2 is 1.78 bits per heavy atom. The Hall–Kier alpha value is -0.370. The lowest BCUT2D eigenvalue weighted by Crippen LogP contribution is -2.42. The third-order valence-corrected chi connectivity index (χ3v) is 5.36. The van der Waals surface area contributed by atoms with Crippen molar-refractivity contribution in [2.24, 2.45) is 11.3 Å². The average molecular weight is 251 g/mol. The predicted molar refractivity (Wildman–Crippen MR) is 75.7 cm³/mol. The van der Waals surface area contributed by atoms with E-state index in [0.29, 0.717) is 17.1 Å². The third kappa shape index (κ3) is 3.57. The molecule has 0 spiro atoms. The summed E-state index contributed by atoms with van der Waals surface area (Å²) in [7, 11) is 0. The molecule has 2 rings (SSSR count). The van der Waals surface area contributed by atoms with Gasteiger partial charge in [-0.05, 0) is 44.2 Å². The summed E-state index contributed by atoms with van der Waals surface area (Å²) in [6.45, 7) is 7.67. The monoisotopic (exact) mass is 251 g/mol. The van der Waals surface area contributed by atoms with Gasteiger partial charge in [-0.1, -0.05) is 39.5 Å². The molecule has 1 heterocycles. The molecule has 2 aliphatic rings. The van der Waals surface area contributed by atoms with Crippen LogP contribution in [0.1, 0.15) is 65.2 Å². The van der Waals surface area contributed by atoms with Crippen molar-refractivity contribution in [2.75, 3.05) is 19.6 Å². The van der Waals surface area contributed by atoms with E-state index < -0.39 is 0 Å². The highest BCUT2D eigenvalue weighted by Crippen LogP contribution is 2.34. The second-order valence-electron chi connectivity index (χ2n) is 6.74. The first-order valence-corrected chi connectivity index (χ1v) is 7.88. The molecule has 104 valence electrons. The molecule has 0 amide bonds. The van der Waals surface area contributed by atoms with Crippen molar-refractivity contribution in [3.05, 3.63) is 0 Å². The molecule has 18 heavy (non-hydrogen) atoms. The Kier molecular flexibility index (Phi) is 4.83. The van der Waals surface area contributed by atoms with E-state index in [-0.39, 0.29) is 0 Å². The first kappa shape index (κ1) is 14.0. The molecule has 2 heteroatoms. The van der Waals surface area contributed by atoms with E-state index in [1.54, 1.807) is 0 Å². The van der Waals surface area contributed by atoms with Crippen molar-refractivity contribution in [1.29, 1.82) is 0 Å². The average Bonchev–Trinajstić information content (AvgIpc) is 2.42. The number of carbonyl (C=O) groups is 1. The number of nitrogens with zero attached hydrogens (tertiary/aromatic N) is 1. The number of rotatable bonds is 4. The summed E-state index contributed by atoms with van der Waals surface area (Å²) < 4.78 is 0. The molecule has 2 nitrogen and oxygen atoms in total. The minimum Gasteiger partial charge on any atom is -0.298 e. The first-order valence-electron chi connectivity index (χ1n) is 7.88. The molecular weight excluding hydrogens is 222 g/mol. The summed E-state index contributed by atoms with van der Waals surface area (Å²) in [5.41, 5.74) is 0.532. The fourth-order valence-corrected chi connectivity index (χ4v) is 3.38. The summed E-state index contributed by atoms with van der Waals surface area (Å²) in [5, 5.41) is 0. The van der Waals surface area contributed by atoms with Gasteiger partial charge in [0.25, 0.3) is 0 Å². The van der Waals surface area contributed by atoms with Gasteiger partial charge >= 0.3 is 0 Å². The van der Waals surface area contributed by atoms with Gasteiger partial charge in [-0.15, -0.1) is 0 Å². The zero-order valence-corrected chi connectivity index (χ0v) is 12.2. The van der Waals surface area contributed by atoms with Crippen LogP contribution in [0.3, 0.4) is 0 Å². The summed E-state index contributed by atoms with van der Waals surface area (Å²) in [6.07, 6.45) is 9.98. The van der Waals surface area contributed by atoms with Gasteiger partial charge in [0, 0.05) is 5.92 Å². The van der Waals surface area contributed by atoms with Gasteiger partial charge in [-0.3, -0.25) is 9.69 Å². The van der Waals surface area contributed by atoms with Crippen LogP contribution >= 0.6 is 0 Å². The maximum atomic E-state index is 12.3. The Balaban J connectivity index is 1.75. The van der Waals surface area contributed by atoms with E-state index in [1.807, 2.05) is 0 Å². The molecule has 0 aromatic heterocycles. The van der Waals surface area contributed by atoms with Crippen LogP contribution in [0.2, 0.25) is 0 Å². The highest BCUT2D eigenvalue weighted by molar-refractivity contribution is 5.83. The van der Waals surface area contributed by atoms with E-state index in [4.69, 9.17) is 0 Å². The van der Waals surface area contributed by atoms with Crippen LogP contribution < -0.4 is 0 Å². The number of hydrogen-bond donors (Lipinski definition) is 0. The predicted octanol–water partition coefficient (Wildman–Crippen LogP) is 3.65. The third-order valence-electron chi connectivity index (χ3n) is 5.36. The number of carbonyl (C=O) groups excluding carboxylic acids is 1. The normalized spacial score (nSPS) is 26.1. The molecule has 1 saturated heterocycles. The molecule has 0 bridgehead atoms. The van der Waals surface area contributed by atoms with E-state index in [2.05, 4.69) is 18.7 Å². The lowest BCUT2D eigenvalue weighted by molar-refractivity contribution is -0.125. The number of likely N-dealkylation sites (tertiary alicyclic amines) is 1. The molecule has 1 aliphatic carbocycles. The minimum absolute atomic E-state index is 0.387. The molecule has 0 atom stereocenters. The summed E-state index contributed by atoms with van der Waals surface area (Å²) >= 11 is 0. The number of hydrogen-bond acceptors (Lipinski definition) is 2. The zero-order chi connectivity index (χ0) is 13.0. The van der Waals surface area contributed by atoms with Crippen molar-refractivity contribution < 1.29 is 4.79 Å². The van der Waals surface area contributed by atoms with Crippen LogP contribution in [-0.4, -0.2) is 30.3 Å². The molecule has 0 aromatic carbocycles. The van der Waals surface area contributed by atoms with Crippen LogP contribution in [0.15, 0.2) is 0 Å². The van der Waals surface area contributed by atoms with E-state index in [1.165, 1.54) is 38.5 Å². The van der Waals surface area contributed by atoms with Crippen molar-refractivity contribution in [1.82, 2.24) is 4.90 Å². The van der Waals surface area contributed by atoms with Gasteiger partial charge in [0.05, 0.1) is 6.54 Å². The maximum Gasteiger partial charge on any atom is 0.149 e. The lowest BCUT2D eigenvalue weighted by Gasteiger charge is -2.39. The van der Waals surface area contributed by atoms with E-state index in [0.717, 1.165) is 32.5 Å². The van der Waals surface area contributed by atoms with Crippen molar-refractivity contribution in [3.63, 3.8) is 0 Å². The highest BCUT2D eigenvalue weighted by Gasteiger charge is 2.30. The van der Waals surface area contributed by atoms with E-state index >= 15 is 0 Å². The second kappa shape index (κ2) is 6.18. The zero-order valence-electron chi connectivity index (χ0n) is 12.2. The van der Waals surface area contributed by atoms with Crippen molar-refractivity contribution >= 4 is 5.78 Å². The molecular formula is C16H29NO. The van der Waals surface area contributed by atoms with Gasteiger partial charge in [-0.2, -0.15) is 0 Å². The van der Waals surface area contributed by atoms with Crippen LogP contribution in [-0.2, 0) is 4.79 Å². The van der Waals surface area contributed by atoms with Crippen LogP contribution in [0.4, 0.5) is 0 Å². The SMILES string of the molecule is CCC1(C)CCN(CC(=O)C2CCCCC2)CC1. The number of ketones is 1. The fraction of sp³-hybridized carbons (Fsp3) is 0.938. The molecule has 0 aromatic rings. The summed E-state index contributed by atoms with van der Waals surface area (Å²) in [4.78, 5) is 14.7. The van der Waals surface area contributed by atoms with Gasteiger partial charge in [0.15, 0.2) is 0 Å². The lowest BCUT2D eigenvalue weighted by atomic mass is 9.78. The fourth-order valence-electron chi connectivity index (χ4n) is 3.38. The quantitative estimate of drug-likeness (QED) is 0.760. The van der Waals surface area contributed by atoms with Gasteiger partial charge in [0.1, 0.15) is 5.78 Å². The molecule has 0 radical (unpaired) electrons. The first-order chi connectivity index (χ1) is 8.63. The molecule has 2 fully saturated rings. The van der Waals surface area contributed by atoms with Crippen LogP contribution in [0.25, 0.3) is 0 Å². The Labute approximate surface area is 112 Å². The van der Waals surface area contributed by atoms with Gasteiger partial charge in [0.2, 0.25) is 0 Å². The molecule has 1 aliphatic heterocycles. The van der Waals surface area contributed by atoms with Gasteiger partial charge in [-0.25, -0.2) is 0 Å². The Morgan fingerprint density at radius 1 is 1.17 bits per heavy atom. The standard InChI is InChI=1S/C16H29NO/c1-3-16(2)9-11-17(12-10-16)13-15(18)14-7-5-4-6-8-14/h14H,3-13H2,1-2H3. The van der Waals surface area contributed by atoms with Crippen molar-refractivity contribution in [3.8, 4) is 0 Å². The topological polar surface area (TPSA) is 20.3 Å². The maximum absolute atomic E-state index is 12.3. The number of Topliss-reactive ketones (excluding diaryl/α,β-unsaturated/α-hetero) is 1. The molecule has 1 saturated carbocycles. The second-order valence-corrected chi connectivity index (χ2v) is 6.74. The molecule has 0 unspecified atom stereocenters. The number of piperidine rings is 1. The largest absolute Gasteiger partial charge is 0.298 e. The van der Waals surface area contributed by atoms with Crippen LogP contribution in [0.5, 0.6) is 0 Å². The Morgan fingerprint density at radius 3 is 2.33 bits per heavy atom. The van der Waals surface area contributed by atoms with Crippen LogP contribution in [0, 0.1) is 11.3 Å². The highest BCUT2D eigenvalue weighted by atomic mass is 16.1. The van der Waals surface area contributed by atoms with Gasteiger partial charge < -0.3 is 0 Å². The minimum atomic E-state index is 0.387. The summed E-state index contributed by atoms with van der Waals surface area (Å²) in [6, 6.07) is 0. The molecule has 0 N–H and O–H groups in total. The Bertz CT molecular complexity index is 273. The smallest absolute Gasteiger partial charge is 0.149 e.